The predicted molar refractivity (Wildman–Crippen MR) is 82.5 cm³/mol. The molecule has 5 nitrogen and oxygen atoms in total. The van der Waals surface area contributed by atoms with Gasteiger partial charge in [0.2, 0.25) is 0 Å². The van der Waals surface area contributed by atoms with Crippen LogP contribution >= 0.6 is 0 Å². The summed E-state index contributed by atoms with van der Waals surface area (Å²) in [6.45, 7) is 5.71. The van der Waals surface area contributed by atoms with E-state index in [1.54, 1.807) is 0 Å². The fourth-order valence-corrected chi connectivity index (χ4v) is 1.84. The number of rotatable bonds is 8. The maximum absolute atomic E-state index is 10.8. The zero-order valence-electron chi connectivity index (χ0n) is 12.8. The normalized spacial score (nSPS) is 10.7. The van der Waals surface area contributed by atoms with Crippen molar-refractivity contribution in [3.8, 4) is 0 Å². The van der Waals surface area contributed by atoms with Gasteiger partial charge in [-0.3, -0.25) is 4.79 Å². The lowest BCUT2D eigenvalue weighted by atomic mass is 10.1. The van der Waals surface area contributed by atoms with Crippen LogP contribution in [0.2, 0.25) is 0 Å². The summed E-state index contributed by atoms with van der Waals surface area (Å²) in [4.78, 5) is 19.2. The van der Waals surface area contributed by atoms with Crippen LogP contribution < -0.4 is 9.80 Å². The van der Waals surface area contributed by atoms with E-state index in [-0.39, 0.29) is 6.42 Å². The van der Waals surface area contributed by atoms with Crippen molar-refractivity contribution in [2.24, 2.45) is 5.92 Å². The number of aromatic nitrogens is 1. The van der Waals surface area contributed by atoms with Gasteiger partial charge in [0.1, 0.15) is 5.82 Å². The van der Waals surface area contributed by atoms with Gasteiger partial charge in [0, 0.05) is 27.2 Å². The van der Waals surface area contributed by atoms with Gasteiger partial charge in [-0.05, 0) is 24.5 Å². The largest absolute Gasteiger partial charge is 0.481 e. The van der Waals surface area contributed by atoms with E-state index in [2.05, 4.69) is 23.7 Å². The monoisotopic (exact) mass is 279 g/mol. The summed E-state index contributed by atoms with van der Waals surface area (Å²) in [5, 5.41) is 8.85. The van der Waals surface area contributed by atoms with Gasteiger partial charge in [0.15, 0.2) is 0 Å². The molecule has 1 aromatic heterocycles. The molecule has 0 radical (unpaired) electrons. The smallest absolute Gasteiger partial charge is 0.305 e. The van der Waals surface area contributed by atoms with Gasteiger partial charge < -0.3 is 14.9 Å². The Morgan fingerprint density at radius 3 is 2.45 bits per heavy atom. The molecule has 0 aliphatic heterocycles. The average Bonchev–Trinajstić information content (AvgIpc) is 2.38. The molecule has 0 unspecified atom stereocenters. The number of anilines is 2. The minimum atomic E-state index is -0.766. The van der Waals surface area contributed by atoms with Crippen molar-refractivity contribution >= 4 is 17.5 Å². The number of pyridine rings is 1. The van der Waals surface area contributed by atoms with E-state index in [1.165, 1.54) is 0 Å². The first kappa shape index (κ1) is 16.3. The van der Waals surface area contributed by atoms with Crippen molar-refractivity contribution in [3.63, 3.8) is 0 Å². The van der Waals surface area contributed by atoms with Gasteiger partial charge in [0.05, 0.1) is 18.3 Å². The highest BCUT2D eigenvalue weighted by atomic mass is 16.4. The van der Waals surface area contributed by atoms with Crippen molar-refractivity contribution in [3.05, 3.63) is 18.3 Å². The van der Waals surface area contributed by atoms with Crippen molar-refractivity contribution in [2.75, 3.05) is 37.0 Å². The van der Waals surface area contributed by atoms with Gasteiger partial charge in [-0.15, -0.1) is 0 Å². The summed E-state index contributed by atoms with van der Waals surface area (Å²) in [6.07, 6.45) is 3.00. The Morgan fingerprint density at radius 2 is 2.00 bits per heavy atom. The lowest BCUT2D eigenvalue weighted by Gasteiger charge is -2.25. The van der Waals surface area contributed by atoms with Gasteiger partial charge in [-0.2, -0.15) is 0 Å². The molecule has 0 saturated carbocycles. The first-order valence-electron chi connectivity index (χ1n) is 7.00. The molecule has 0 fully saturated rings. The summed E-state index contributed by atoms with van der Waals surface area (Å²) in [6, 6.07) is 3.96. The third kappa shape index (κ3) is 5.47. The number of carboxylic acid groups (broad SMARTS) is 1. The molecular weight excluding hydrogens is 254 g/mol. The van der Waals surface area contributed by atoms with Crippen LogP contribution in [0.3, 0.4) is 0 Å². The lowest BCUT2D eigenvalue weighted by Crippen LogP contribution is -2.28. The third-order valence-electron chi connectivity index (χ3n) is 3.13. The lowest BCUT2D eigenvalue weighted by molar-refractivity contribution is -0.136. The zero-order chi connectivity index (χ0) is 15.1. The van der Waals surface area contributed by atoms with Gasteiger partial charge >= 0.3 is 5.97 Å². The van der Waals surface area contributed by atoms with E-state index in [4.69, 9.17) is 5.11 Å². The molecule has 1 aromatic rings. The van der Waals surface area contributed by atoms with E-state index < -0.39 is 5.97 Å². The van der Waals surface area contributed by atoms with Crippen LogP contribution in [0, 0.1) is 5.92 Å². The van der Waals surface area contributed by atoms with Gasteiger partial charge in [-0.1, -0.05) is 13.8 Å². The molecule has 0 aliphatic carbocycles. The summed E-state index contributed by atoms with van der Waals surface area (Å²) < 4.78 is 0. The Balaban J connectivity index is 2.76. The molecule has 0 aromatic carbocycles. The zero-order valence-corrected chi connectivity index (χ0v) is 12.8. The second kappa shape index (κ2) is 7.72. The van der Waals surface area contributed by atoms with E-state index in [9.17, 15) is 4.79 Å². The SMILES string of the molecule is CC(C)CCN(CCC(=O)O)c1ccc(N(C)C)nc1. The highest BCUT2D eigenvalue weighted by Crippen LogP contribution is 2.18. The van der Waals surface area contributed by atoms with Gasteiger partial charge in [0.25, 0.3) is 0 Å². The first-order valence-corrected chi connectivity index (χ1v) is 7.00. The Hall–Kier alpha value is -1.78. The number of carboxylic acids is 1. The van der Waals surface area contributed by atoms with Crippen LogP contribution in [-0.2, 0) is 4.79 Å². The molecule has 0 aliphatic rings. The van der Waals surface area contributed by atoms with Crippen LogP contribution in [0.5, 0.6) is 0 Å². The topological polar surface area (TPSA) is 56.7 Å². The summed E-state index contributed by atoms with van der Waals surface area (Å²) in [5.41, 5.74) is 0.984. The summed E-state index contributed by atoms with van der Waals surface area (Å²) >= 11 is 0. The average molecular weight is 279 g/mol. The second-order valence-electron chi connectivity index (χ2n) is 5.58. The molecule has 1 heterocycles. The fourth-order valence-electron chi connectivity index (χ4n) is 1.84. The molecule has 0 atom stereocenters. The molecule has 0 bridgehead atoms. The summed E-state index contributed by atoms with van der Waals surface area (Å²) in [5.74, 6) is 0.726. The van der Waals surface area contributed by atoms with Crippen molar-refractivity contribution in [2.45, 2.75) is 26.7 Å². The molecule has 0 saturated heterocycles. The maximum atomic E-state index is 10.8. The highest BCUT2D eigenvalue weighted by molar-refractivity contribution is 5.67. The Bertz CT molecular complexity index is 416. The van der Waals surface area contributed by atoms with Crippen molar-refractivity contribution < 1.29 is 9.90 Å². The third-order valence-corrected chi connectivity index (χ3v) is 3.13. The maximum Gasteiger partial charge on any atom is 0.305 e. The fraction of sp³-hybridized carbons (Fsp3) is 0.600. The summed E-state index contributed by atoms with van der Waals surface area (Å²) in [7, 11) is 3.89. The van der Waals surface area contributed by atoms with Crippen molar-refractivity contribution in [1.82, 2.24) is 4.98 Å². The molecule has 20 heavy (non-hydrogen) atoms. The van der Waals surface area contributed by atoms with Gasteiger partial charge in [-0.25, -0.2) is 4.98 Å². The van der Waals surface area contributed by atoms with Crippen LogP contribution in [-0.4, -0.2) is 43.2 Å². The van der Waals surface area contributed by atoms with E-state index in [1.807, 2.05) is 37.3 Å². The van der Waals surface area contributed by atoms with Crippen molar-refractivity contribution in [1.29, 1.82) is 0 Å². The highest BCUT2D eigenvalue weighted by Gasteiger charge is 2.10. The van der Waals surface area contributed by atoms with E-state index >= 15 is 0 Å². The van der Waals surface area contributed by atoms with Crippen LogP contribution in [0.25, 0.3) is 0 Å². The number of aliphatic carboxylic acids is 1. The van der Waals surface area contributed by atoms with E-state index in [0.717, 1.165) is 24.5 Å². The molecule has 0 spiro atoms. The van der Waals surface area contributed by atoms with Crippen LogP contribution in [0.4, 0.5) is 11.5 Å². The standard InChI is InChI=1S/C15H25N3O2/c1-12(2)7-9-18(10-8-15(19)20)13-5-6-14(16-11-13)17(3)4/h5-6,11-12H,7-10H2,1-4H3,(H,19,20). The Kier molecular flexibility index (Phi) is 6.28. The molecule has 1 N–H and O–H groups in total. The van der Waals surface area contributed by atoms with Crippen LogP contribution in [0.1, 0.15) is 26.7 Å². The number of nitrogens with zero attached hydrogens (tertiary/aromatic N) is 3. The molecule has 1 rings (SSSR count). The number of hydrogen-bond acceptors (Lipinski definition) is 4. The second-order valence-corrected chi connectivity index (χ2v) is 5.58. The Labute approximate surface area is 121 Å². The first-order chi connectivity index (χ1) is 9.40. The predicted octanol–water partition coefficient (Wildman–Crippen LogP) is 2.47. The van der Waals surface area contributed by atoms with E-state index in [0.29, 0.717) is 12.5 Å². The number of hydrogen-bond donors (Lipinski definition) is 1. The number of carbonyl (C=O) groups is 1. The molecular formula is C15H25N3O2. The quantitative estimate of drug-likeness (QED) is 0.792. The molecule has 112 valence electrons. The Morgan fingerprint density at radius 1 is 1.30 bits per heavy atom. The molecule has 5 heteroatoms. The molecule has 0 amide bonds. The minimum Gasteiger partial charge on any atom is -0.481 e. The van der Waals surface area contributed by atoms with Crippen LogP contribution in [0.15, 0.2) is 18.3 Å². The minimum absolute atomic E-state index is 0.146.